The van der Waals surface area contributed by atoms with Gasteiger partial charge in [0.1, 0.15) is 5.75 Å². The molecule has 1 aromatic heterocycles. The van der Waals surface area contributed by atoms with E-state index >= 15 is 0 Å². The summed E-state index contributed by atoms with van der Waals surface area (Å²) in [6, 6.07) is 26.6. The standard InChI is InChI=1S/C36H33N3O8S/c1-3-46-36(42)33-24(2)39(26-9-5-4-6-10-26)32-18-15-27(23-30(32)33)47-35(41)29-11-7-8-12-31(29)37-34(40)25-13-16-28(17-14-25)48(43,44)38-19-21-45-22-20-38/h4-18,23H,3,19-22H2,1-2H3,(H,37,40). The van der Waals surface area contributed by atoms with E-state index in [2.05, 4.69) is 5.32 Å². The second-order valence-corrected chi connectivity index (χ2v) is 12.9. The van der Waals surface area contributed by atoms with Crippen molar-refractivity contribution in [3.63, 3.8) is 0 Å². The fraction of sp³-hybridized carbons (Fsp3) is 0.194. The maximum absolute atomic E-state index is 13.5. The van der Waals surface area contributed by atoms with Crippen LogP contribution in [0.4, 0.5) is 5.69 Å². The number of esters is 2. The Morgan fingerprint density at radius 1 is 0.854 bits per heavy atom. The van der Waals surface area contributed by atoms with Gasteiger partial charge in [0.2, 0.25) is 10.0 Å². The Bertz CT molecular complexity index is 2100. The Labute approximate surface area is 277 Å². The number of rotatable bonds is 9. The fourth-order valence-electron chi connectivity index (χ4n) is 5.67. The Hall–Kier alpha value is -5.30. The van der Waals surface area contributed by atoms with Gasteiger partial charge in [0.25, 0.3) is 5.91 Å². The van der Waals surface area contributed by atoms with E-state index in [4.69, 9.17) is 14.2 Å². The molecule has 48 heavy (non-hydrogen) atoms. The van der Waals surface area contributed by atoms with Crippen molar-refractivity contribution in [1.29, 1.82) is 0 Å². The maximum atomic E-state index is 13.5. The van der Waals surface area contributed by atoms with Crippen molar-refractivity contribution in [2.75, 3.05) is 38.2 Å². The van der Waals surface area contributed by atoms with Crippen LogP contribution in [0.25, 0.3) is 16.6 Å². The van der Waals surface area contributed by atoms with E-state index < -0.39 is 27.9 Å². The van der Waals surface area contributed by atoms with Gasteiger partial charge in [-0.3, -0.25) is 4.79 Å². The Morgan fingerprint density at radius 3 is 2.25 bits per heavy atom. The minimum Gasteiger partial charge on any atom is -0.462 e. The lowest BCUT2D eigenvalue weighted by atomic mass is 10.1. The molecule has 4 aromatic carbocycles. The molecular weight excluding hydrogens is 634 g/mol. The molecule has 0 unspecified atom stereocenters. The van der Waals surface area contributed by atoms with Gasteiger partial charge in [-0.05, 0) is 80.6 Å². The summed E-state index contributed by atoms with van der Waals surface area (Å²) >= 11 is 0. The molecule has 11 nitrogen and oxygen atoms in total. The van der Waals surface area contributed by atoms with Crippen LogP contribution < -0.4 is 10.1 Å². The minimum absolute atomic E-state index is 0.0716. The van der Waals surface area contributed by atoms with E-state index in [-0.39, 0.29) is 47.2 Å². The van der Waals surface area contributed by atoms with Crippen LogP contribution >= 0.6 is 0 Å². The average Bonchev–Trinajstić information content (AvgIpc) is 3.40. The zero-order valence-corrected chi connectivity index (χ0v) is 27.2. The number of fused-ring (bicyclic) bond motifs is 1. The number of hydrogen-bond acceptors (Lipinski definition) is 8. The molecule has 1 amide bonds. The van der Waals surface area contributed by atoms with Crippen LogP contribution in [0.1, 0.15) is 43.7 Å². The molecule has 0 saturated carbocycles. The zero-order chi connectivity index (χ0) is 33.8. The van der Waals surface area contributed by atoms with Gasteiger partial charge in [0, 0.05) is 35.4 Å². The number of carbonyl (C=O) groups is 3. The summed E-state index contributed by atoms with van der Waals surface area (Å²) in [4.78, 5) is 39.8. The predicted octanol–water partition coefficient (Wildman–Crippen LogP) is 5.61. The first-order chi connectivity index (χ1) is 23.2. The van der Waals surface area contributed by atoms with Gasteiger partial charge in [-0.15, -0.1) is 0 Å². The number of anilines is 1. The molecule has 5 aromatic rings. The number of amides is 1. The number of carbonyl (C=O) groups excluding carboxylic acids is 3. The summed E-state index contributed by atoms with van der Waals surface area (Å²) in [5.41, 5.74) is 3.14. The largest absolute Gasteiger partial charge is 0.462 e. The highest BCUT2D eigenvalue weighted by molar-refractivity contribution is 7.89. The number of nitrogens with one attached hydrogen (secondary N) is 1. The average molecular weight is 668 g/mol. The van der Waals surface area contributed by atoms with Crippen molar-refractivity contribution in [3.05, 3.63) is 119 Å². The normalized spacial score (nSPS) is 13.6. The summed E-state index contributed by atoms with van der Waals surface area (Å²) in [5, 5.41) is 3.29. The number of ether oxygens (including phenoxy) is 3. The quantitative estimate of drug-likeness (QED) is 0.159. The Balaban J connectivity index is 1.24. The molecule has 0 bridgehead atoms. The molecule has 1 N–H and O–H groups in total. The Kier molecular flexibility index (Phi) is 9.40. The number of aromatic nitrogens is 1. The third kappa shape index (κ3) is 6.45. The highest BCUT2D eigenvalue weighted by Gasteiger charge is 2.27. The molecule has 12 heteroatoms. The smallest absolute Gasteiger partial charge is 0.345 e. The molecular formula is C36H33N3O8S. The molecule has 0 atom stereocenters. The number of hydrogen-bond donors (Lipinski definition) is 1. The monoisotopic (exact) mass is 667 g/mol. The zero-order valence-electron chi connectivity index (χ0n) is 26.3. The van der Waals surface area contributed by atoms with Crippen molar-refractivity contribution < 1.29 is 37.0 Å². The molecule has 1 saturated heterocycles. The summed E-state index contributed by atoms with van der Waals surface area (Å²) < 4.78 is 45.6. The van der Waals surface area contributed by atoms with Gasteiger partial charge in [-0.2, -0.15) is 4.31 Å². The van der Waals surface area contributed by atoms with Crippen LogP contribution in [0, 0.1) is 6.92 Å². The topological polar surface area (TPSA) is 133 Å². The summed E-state index contributed by atoms with van der Waals surface area (Å²) in [6.07, 6.45) is 0. The van der Waals surface area contributed by atoms with E-state index in [9.17, 15) is 22.8 Å². The van der Waals surface area contributed by atoms with Crippen molar-refractivity contribution in [1.82, 2.24) is 8.87 Å². The fourth-order valence-corrected chi connectivity index (χ4v) is 7.08. The van der Waals surface area contributed by atoms with Crippen LogP contribution in [-0.2, 0) is 19.5 Å². The van der Waals surface area contributed by atoms with Crippen LogP contribution in [0.3, 0.4) is 0 Å². The highest BCUT2D eigenvalue weighted by atomic mass is 32.2. The van der Waals surface area contributed by atoms with Crippen molar-refractivity contribution in [2.24, 2.45) is 0 Å². The molecule has 0 radical (unpaired) electrons. The molecule has 1 aliphatic rings. The number of morpholine rings is 1. The van der Waals surface area contributed by atoms with Gasteiger partial charge >= 0.3 is 11.9 Å². The summed E-state index contributed by atoms with van der Waals surface area (Å²) in [6.45, 7) is 4.94. The van der Waals surface area contributed by atoms with Gasteiger partial charge < -0.3 is 24.1 Å². The summed E-state index contributed by atoms with van der Waals surface area (Å²) in [5.74, 6) is -1.56. The van der Waals surface area contributed by atoms with E-state index in [1.54, 1.807) is 43.3 Å². The minimum atomic E-state index is -3.72. The Morgan fingerprint density at radius 2 is 1.54 bits per heavy atom. The molecule has 246 valence electrons. The van der Waals surface area contributed by atoms with Gasteiger partial charge in [-0.1, -0.05) is 30.3 Å². The van der Waals surface area contributed by atoms with Crippen molar-refractivity contribution >= 4 is 44.5 Å². The van der Waals surface area contributed by atoms with Crippen molar-refractivity contribution in [2.45, 2.75) is 18.7 Å². The molecule has 1 fully saturated rings. The predicted molar refractivity (Wildman–Crippen MR) is 179 cm³/mol. The lowest BCUT2D eigenvalue weighted by Gasteiger charge is -2.26. The van der Waals surface area contributed by atoms with Crippen LogP contribution in [0.2, 0.25) is 0 Å². The van der Waals surface area contributed by atoms with E-state index in [0.29, 0.717) is 29.9 Å². The lowest BCUT2D eigenvalue weighted by molar-refractivity contribution is 0.0527. The van der Waals surface area contributed by atoms with Crippen LogP contribution in [0.5, 0.6) is 5.75 Å². The first-order valence-corrected chi connectivity index (χ1v) is 16.8. The van der Waals surface area contributed by atoms with Crippen LogP contribution in [-0.4, -0.2) is 68.0 Å². The molecule has 0 aliphatic carbocycles. The summed E-state index contributed by atoms with van der Waals surface area (Å²) in [7, 11) is -3.72. The van der Waals surface area contributed by atoms with E-state index in [1.165, 1.54) is 34.6 Å². The second kappa shape index (κ2) is 13.8. The highest BCUT2D eigenvalue weighted by Crippen LogP contribution is 2.33. The number of benzene rings is 4. The van der Waals surface area contributed by atoms with Crippen LogP contribution in [0.15, 0.2) is 102 Å². The molecule has 2 heterocycles. The van der Waals surface area contributed by atoms with Gasteiger partial charge in [-0.25, -0.2) is 18.0 Å². The third-order valence-electron chi connectivity index (χ3n) is 8.00. The first kappa shape index (κ1) is 32.6. The van der Waals surface area contributed by atoms with Crippen molar-refractivity contribution in [3.8, 4) is 11.4 Å². The number of sulfonamides is 1. The molecule has 6 rings (SSSR count). The lowest BCUT2D eigenvalue weighted by Crippen LogP contribution is -2.40. The first-order valence-electron chi connectivity index (χ1n) is 15.4. The maximum Gasteiger partial charge on any atom is 0.345 e. The molecule has 0 spiro atoms. The van der Waals surface area contributed by atoms with Gasteiger partial charge in [0.15, 0.2) is 0 Å². The SMILES string of the molecule is CCOC(=O)c1c(C)n(-c2ccccc2)c2ccc(OC(=O)c3ccccc3NC(=O)c3ccc(S(=O)(=O)N4CCOCC4)cc3)cc12. The van der Waals surface area contributed by atoms with E-state index in [1.807, 2.05) is 41.8 Å². The number of nitrogens with zero attached hydrogens (tertiary/aromatic N) is 2. The molecule has 1 aliphatic heterocycles. The van der Waals surface area contributed by atoms with Gasteiger partial charge in [0.05, 0.1) is 47.0 Å². The van der Waals surface area contributed by atoms with E-state index in [0.717, 1.165) is 11.2 Å². The second-order valence-electron chi connectivity index (χ2n) is 11.0. The third-order valence-corrected chi connectivity index (χ3v) is 9.91. The number of para-hydroxylation sites is 2.